The number of nitrogens with zero attached hydrogens (tertiary/aromatic N) is 1. The predicted octanol–water partition coefficient (Wildman–Crippen LogP) is 1.26. The fraction of sp³-hybridized carbons (Fsp3) is 0. The van der Waals surface area contributed by atoms with Crippen molar-refractivity contribution in [3.05, 3.63) is 80.4 Å². The van der Waals surface area contributed by atoms with Gasteiger partial charge < -0.3 is 0 Å². The van der Waals surface area contributed by atoms with E-state index in [4.69, 9.17) is 0 Å². The summed E-state index contributed by atoms with van der Waals surface area (Å²) in [5.74, 6) is 0. The number of carbonyl (C=O) groups is 1. The van der Waals surface area contributed by atoms with Crippen molar-refractivity contribution in [1.29, 1.82) is 0 Å². The molecule has 0 aliphatic carbocycles. The van der Waals surface area contributed by atoms with Crippen molar-refractivity contribution in [3.63, 3.8) is 0 Å². The number of benzene rings is 2. The maximum atomic E-state index is 12.1. The standard InChI is InChI=1S/C16H11N3O3S/c20-14-11-8-4-5-9-12(11)15(21)13(14)17-18-16(22)19-23-10-6-2-1-3-7-10/h1-9H,(H2,18,19,22). The average Bonchev–Trinajstić information content (AvgIpc) is 2.83. The van der Waals surface area contributed by atoms with Crippen LogP contribution in [0.2, 0.25) is 0 Å². The smallest absolute Gasteiger partial charge is 0.287 e. The molecule has 0 saturated carbocycles. The summed E-state index contributed by atoms with van der Waals surface area (Å²) in [6, 6.07) is 15.0. The Labute approximate surface area is 134 Å². The molecule has 7 heteroatoms. The Morgan fingerprint density at radius 3 is 2.04 bits per heavy atom. The lowest BCUT2D eigenvalue weighted by atomic mass is 10.2. The third kappa shape index (κ3) is 3.14. The van der Waals surface area contributed by atoms with Gasteiger partial charge in [0.1, 0.15) is 0 Å². The number of carbonyl (C=O) groups excluding carboxylic acids is 1. The molecule has 2 N–H and O–H groups in total. The minimum absolute atomic E-state index is 0.286. The molecule has 0 spiro atoms. The summed E-state index contributed by atoms with van der Waals surface area (Å²) in [7, 11) is 0. The van der Waals surface area contributed by atoms with Crippen molar-refractivity contribution < 1.29 is 4.79 Å². The summed E-state index contributed by atoms with van der Waals surface area (Å²) in [5.41, 5.74) is 1.20. The van der Waals surface area contributed by atoms with Gasteiger partial charge in [0.25, 0.3) is 0 Å². The number of fused-ring (bicyclic) bond motifs is 1. The van der Waals surface area contributed by atoms with Crippen molar-refractivity contribution in [2.75, 3.05) is 0 Å². The van der Waals surface area contributed by atoms with Gasteiger partial charge in [0.2, 0.25) is 10.9 Å². The highest BCUT2D eigenvalue weighted by Gasteiger charge is 2.10. The lowest BCUT2D eigenvalue weighted by Crippen LogP contribution is -2.37. The zero-order valence-corrected chi connectivity index (χ0v) is 12.6. The SMILES string of the molecule is O=C(NN=c1c(=O)c2ccccc2c1=O)NSc1ccccc1. The summed E-state index contributed by atoms with van der Waals surface area (Å²) in [5, 5.41) is 3.97. The van der Waals surface area contributed by atoms with Crippen LogP contribution in [0.4, 0.5) is 4.79 Å². The molecule has 3 aromatic rings. The van der Waals surface area contributed by atoms with E-state index >= 15 is 0 Å². The first-order valence-corrected chi connectivity index (χ1v) is 7.52. The lowest BCUT2D eigenvalue weighted by Gasteiger charge is -2.02. The summed E-state index contributed by atoms with van der Waals surface area (Å²) < 4.78 is 2.51. The van der Waals surface area contributed by atoms with E-state index in [1.807, 2.05) is 30.3 Å². The lowest BCUT2D eigenvalue weighted by molar-refractivity contribution is 0.246. The van der Waals surface area contributed by atoms with Crippen molar-refractivity contribution in [2.24, 2.45) is 5.10 Å². The van der Waals surface area contributed by atoms with Crippen LogP contribution in [0.25, 0.3) is 10.8 Å². The first-order valence-electron chi connectivity index (χ1n) is 6.71. The van der Waals surface area contributed by atoms with Crippen LogP contribution >= 0.6 is 11.9 Å². The third-order valence-electron chi connectivity index (χ3n) is 3.12. The van der Waals surface area contributed by atoms with Crippen LogP contribution in [0.5, 0.6) is 0 Å². The Morgan fingerprint density at radius 1 is 0.870 bits per heavy atom. The van der Waals surface area contributed by atoms with Crippen LogP contribution in [0.3, 0.4) is 0 Å². The van der Waals surface area contributed by atoms with Crippen LogP contribution in [-0.4, -0.2) is 6.03 Å². The minimum Gasteiger partial charge on any atom is -0.287 e. The van der Waals surface area contributed by atoms with E-state index in [0.29, 0.717) is 10.8 Å². The van der Waals surface area contributed by atoms with Gasteiger partial charge in [0.15, 0.2) is 5.36 Å². The topological polar surface area (TPSA) is 87.6 Å². The van der Waals surface area contributed by atoms with E-state index in [0.717, 1.165) is 16.8 Å². The number of amides is 2. The van der Waals surface area contributed by atoms with Crippen molar-refractivity contribution in [2.45, 2.75) is 4.90 Å². The van der Waals surface area contributed by atoms with Gasteiger partial charge in [-0.3, -0.25) is 14.3 Å². The molecule has 0 saturated heterocycles. The second-order valence-electron chi connectivity index (χ2n) is 4.62. The highest BCUT2D eigenvalue weighted by atomic mass is 32.2. The van der Waals surface area contributed by atoms with E-state index in [1.54, 1.807) is 24.3 Å². The Balaban J connectivity index is 1.77. The van der Waals surface area contributed by atoms with Gasteiger partial charge >= 0.3 is 6.03 Å². The number of nitrogens with one attached hydrogen (secondary N) is 2. The van der Waals surface area contributed by atoms with Crippen molar-refractivity contribution in [1.82, 2.24) is 10.1 Å². The van der Waals surface area contributed by atoms with Gasteiger partial charge in [-0.05, 0) is 24.1 Å². The predicted molar refractivity (Wildman–Crippen MR) is 88.4 cm³/mol. The first kappa shape index (κ1) is 15.0. The third-order valence-corrected chi connectivity index (χ3v) is 3.92. The number of rotatable bonds is 3. The zero-order valence-electron chi connectivity index (χ0n) is 11.8. The normalized spacial score (nSPS) is 10.4. The quantitative estimate of drug-likeness (QED) is 0.560. The molecule has 0 aliphatic heterocycles. The molecule has 0 fully saturated rings. The Morgan fingerprint density at radius 2 is 1.43 bits per heavy atom. The molecule has 23 heavy (non-hydrogen) atoms. The monoisotopic (exact) mass is 325 g/mol. The zero-order chi connectivity index (χ0) is 16.2. The molecule has 0 unspecified atom stereocenters. The molecule has 0 bridgehead atoms. The van der Waals surface area contributed by atoms with E-state index in [1.165, 1.54) is 0 Å². The highest BCUT2D eigenvalue weighted by Crippen LogP contribution is 2.12. The van der Waals surface area contributed by atoms with E-state index in [2.05, 4.69) is 15.2 Å². The molecule has 0 aromatic heterocycles. The maximum Gasteiger partial charge on any atom is 0.345 e. The van der Waals surface area contributed by atoms with Gasteiger partial charge in [-0.15, -0.1) is 0 Å². The molecule has 6 nitrogen and oxygen atoms in total. The van der Waals surface area contributed by atoms with Gasteiger partial charge in [-0.2, -0.15) is 5.10 Å². The molecule has 3 rings (SSSR count). The van der Waals surface area contributed by atoms with Crippen LogP contribution < -0.4 is 26.4 Å². The first-order chi connectivity index (χ1) is 11.2. The van der Waals surface area contributed by atoms with Gasteiger partial charge in [-0.1, -0.05) is 42.5 Å². The molecule has 0 radical (unpaired) electrons. The Hall–Kier alpha value is -2.93. The van der Waals surface area contributed by atoms with E-state index in [-0.39, 0.29) is 5.36 Å². The average molecular weight is 325 g/mol. The molecular formula is C16H11N3O3S. The number of hydrogen-bond donors (Lipinski definition) is 2. The Bertz CT molecular complexity index is 958. The van der Waals surface area contributed by atoms with Crippen LogP contribution in [0.1, 0.15) is 0 Å². The maximum absolute atomic E-state index is 12.1. The second kappa shape index (κ2) is 6.45. The van der Waals surface area contributed by atoms with Crippen molar-refractivity contribution in [3.8, 4) is 0 Å². The van der Waals surface area contributed by atoms with Gasteiger partial charge in [-0.25, -0.2) is 10.2 Å². The largest absolute Gasteiger partial charge is 0.345 e. The summed E-state index contributed by atoms with van der Waals surface area (Å²) >= 11 is 1.10. The van der Waals surface area contributed by atoms with Crippen LogP contribution in [0.15, 0.2) is 74.2 Å². The molecule has 0 aliphatic rings. The van der Waals surface area contributed by atoms with Crippen LogP contribution in [-0.2, 0) is 0 Å². The molecule has 0 atom stereocenters. The fourth-order valence-corrected chi connectivity index (χ4v) is 2.61. The minimum atomic E-state index is -0.622. The van der Waals surface area contributed by atoms with Crippen molar-refractivity contribution >= 4 is 28.8 Å². The van der Waals surface area contributed by atoms with E-state index in [9.17, 15) is 14.4 Å². The number of urea groups is 1. The van der Waals surface area contributed by atoms with Crippen LogP contribution in [0, 0.1) is 0 Å². The fourth-order valence-electron chi connectivity index (χ4n) is 2.06. The molecule has 114 valence electrons. The van der Waals surface area contributed by atoms with Gasteiger partial charge in [0, 0.05) is 15.7 Å². The number of hydrogen-bond acceptors (Lipinski definition) is 5. The van der Waals surface area contributed by atoms with Gasteiger partial charge in [0.05, 0.1) is 0 Å². The molecule has 3 aromatic carbocycles. The Kier molecular flexibility index (Phi) is 4.20. The summed E-state index contributed by atoms with van der Waals surface area (Å²) in [4.78, 5) is 36.7. The van der Waals surface area contributed by atoms with E-state index < -0.39 is 16.9 Å². The summed E-state index contributed by atoms with van der Waals surface area (Å²) in [6.45, 7) is 0. The summed E-state index contributed by atoms with van der Waals surface area (Å²) in [6.07, 6.45) is 0. The highest BCUT2D eigenvalue weighted by molar-refractivity contribution is 7.98. The molecular weight excluding hydrogens is 314 g/mol. The molecule has 0 heterocycles. The second-order valence-corrected chi connectivity index (χ2v) is 5.50. The molecule has 2 amide bonds.